The molecule has 0 aromatic heterocycles. The number of anilines is 2. The smallest absolute Gasteiger partial charge is 0.234 e. The summed E-state index contributed by atoms with van der Waals surface area (Å²) >= 11 is 1.44. The van der Waals surface area contributed by atoms with Crippen LogP contribution in [-0.2, 0) is 9.59 Å². The molecule has 2 aromatic rings. The lowest BCUT2D eigenvalue weighted by atomic mass is 9.92. The molecule has 26 heavy (non-hydrogen) atoms. The Morgan fingerprint density at radius 2 is 1.69 bits per heavy atom. The first-order chi connectivity index (χ1) is 12.2. The fourth-order valence-corrected chi connectivity index (χ4v) is 3.15. The van der Waals surface area contributed by atoms with E-state index in [0.29, 0.717) is 12.2 Å². The van der Waals surface area contributed by atoms with E-state index < -0.39 is 0 Å². The van der Waals surface area contributed by atoms with Crippen molar-refractivity contribution in [2.24, 2.45) is 5.41 Å². The predicted molar refractivity (Wildman–Crippen MR) is 110 cm³/mol. The van der Waals surface area contributed by atoms with Crippen molar-refractivity contribution in [3.8, 4) is 0 Å². The van der Waals surface area contributed by atoms with Crippen LogP contribution in [-0.4, -0.2) is 17.6 Å². The number of thioether (sulfide) groups is 1. The minimum atomic E-state index is -0.0515. The van der Waals surface area contributed by atoms with Crippen molar-refractivity contribution in [1.82, 2.24) is 0 Å². The largest absolute Gasteiger partial charge is 0.326 e. The van der Waals surface area contributed by atoms with E-state index in [2.05, 4.69) is 10.6 Å². The topological polar surface area (TPSA) is 58.2 Å². The molecule has 0 atom stereocenters. The molecular weight excluding hydrogens is 344 g/mol. The molecule has 138 valence electrons. The zero-order chi connectivity index (χ0) is 19.2. The van der Waals surface area contributed by atoms with Crippen LogP contribution in [0.1, 0.15) is 32.8 Å². The zero-order valence-electron chi connectivity index (χ0n) is 15.8. The molecule has 2 aromatic carbocycles. The number of nitrogens with one attached hydrogen (secondary N) is 2. The number of carbonyl (C=O) groups is 2. The molecule has 2 amide bonds. The van der Waals surface area contributed by atoms with Crippen molar-refractivity contribution in [2.45, 2.75) is 39.0 Å². The molecule has 0 fully saturated rings. The average Bonchev–Trinajstić information content (AvgIpc) is 2.54. The molecule has 0 aliphatic carbocycles. The van der Waals surface area contributed by atoms with Gasteiger partial charge in [-0.1, -0.05) is 45.0 Å². The van der Waals surface area contributed by atoms with Gasteiger partial charge in [0.05, 0.1) is 5.75 Å². The lowest BCUT2D eigenvalue weighted by Crippen LogP contribution is -2.19. The second-order valence-electron chi connectivity index (χ2n) is 7.47. The van der Waals surface area contributed by atoms with E-state index in [0.717, 1.165) is 21.8 Å². The molecule has 0 radical (unpaired) electrons. The molecule has 0 aliphatic heterocycles. The number of amides is 2. The van der Waals surface area contributed by atoms with Gasteiger partial charge in [-0.25, -0.2) is 0 Å². The lowest BCUT2D eigenvalue weighted by molar-refractivity contribution is -0.118. The summed E-state index contributed by atoms with van der Waals surface area (Å²) in [6, 6.07) is 15.3. The predicted octanol–water partition coefficient (Wildman–Crippen LogP) is 5.10. The maximum atomic E-state index is 12.2. The minimum absolute atomic E-state index is 0.00283. The molecule has 0 saturated carbocycles. The number of hydrogen-bond acceptors (Lipinski definition) is 3. The van der Waals surface area contributed by atoms with E-state index in [1.807, 2.05) is 76.2 Å². The summed E-state index contributed by atoms with van der Waals surface area (Å²) in [7, 11) is 0. The highest BCUT2D eigenvalue weighted by molar-refractivity contribution is 8.00. The van der Waals surface area contributed by atoms with Gasteiger partial charge in [0.2, 0.25) is 11.8 Å². The molecule has 2 N–H and O–H groups in total. The van der Waals surface area contributed by atoms with Gasteiger partial charge in [0.1, 0.15) is 0 Å². The Balaban J connectivity index is 1.89. The summed E-state index contributed by atoms with van der Waals surface area (Å²) in [4.78, 5) is 25.2. The lowest BCUT2D eigenvalue weighted by Gasteiger charge is -2.17. The van der Waals surface area contributed by atoms with Crippen molar-refractivity contribution in [3.05, 3.63) is 54.1 Å². The third-order valence-electron chi connectivity index (χ3n) is 3.60. The SMILES string of the molecule is Cc1ccccc1NC(=O)CSc1cccc(NC(=O)CC(C)(C)C)c1. The van der Waals surface area contributed by atoms with E-state index in [4.69, 9.17) is 0 Å². The molecule has 0 saturated heterocycles. The van der Waals surface area contributed by atoms with Gasteiger partial charge in [0.15, 0.2) is 0 Å². The van der Waals surface area contributed by atoms with Crippen LogP contribution in [0.3, 0.4) is 0 Å². The summed E-state index contributed by atoms with van der Waals surface area (Å²) < 4.78 is 0. The Morgan fingerprint density at radius 3 is 2.38 bits per heavy atom. The normalized spacial score (nSPS) is 11.1. The van der Waals surface area contributed by atoms with Gasteiger partial charge in [-0.15, -0.1) is 11.8 Å². The van der Waals surface area contributed by atoms with Crippen LogP contribution in [0.25, 0.3) is 0 Å². The van der Waals surface area contributed by atoms with E-state index in [-0.39, 0.29) is 17.2 Å². The van der Waals surface area contributed by atoms with Crippen LogP contribution in [0.2, 0.25) is 0 Å². The molecule has 0 aliphatic rings. The Kier molecular flexibility index (Phi) is 6.86. The Bertz CT molecular complexity index is 782. The molecular formula is C21H26N2O2S. The molecule has 0 spiro atoms. The molecule has 2 rings (SSSR count). The van der Waals surface area contributed by atoms with Gasteiger partial charge in [-0.2, -0.15) is 0 Å². The quantitative estimate of drug-likeness (QED) is 0.696. The Hall–Kier alpha value is -2.27. The van der Waals surface area contributed by atoms with Gasteiger partial charge < -0.3 is 10.6 Å². The van der Waals surface area contributed by atoms with Crippen molar-refractivity contribution >= 4 is 35.0 Å². The first-order valence-electron chi connectivity index (χ1n) is 8.61. The van der Waals surface area contributed by atoms with Crippen LogP contribution < -0.4 is 10.6 Å². The number of aryl methyl sites for hydroxylation is 1. The zero-order valence-corrected chi connectivity index (χ0v) is 16.6. The van der Waals surface area contributed by atoms with Gasteiger partial charge >= 0.3 is 0 Å². The van der Waals surface area contributed by atoms with E-state index in [1.54, 1.807) is 0 Å². The molecule has 0 heterocycles. The van der Waals surface area contributed by atoms with Gasteiger partial charge in [0.25, 0.3) is 0 Å². The first kappa shape index (κ1) is 20.0. The molecule has 0 unspecified atom stereocenters. The van der Waals surface area contributed by atoms with E-state index in [1.165, 1.54) is 11.8 Å². The second-order valence-corrected chi connectivity index (χ2v) is 8.51. The van der Waals surface area contributed by atoms with Gasteiger partial charge in [-0.05, 0) is 42.2 Å². The average molecular weight is 371 g/mol. The Labute approximate surface area is 159 Å². The monoisotopic (exact) mass is 370 g/mol. The van der Waals surface area contributed by atoms with Gasteiger partial charge in [0, 0.05) is 22.7 Å². The van der Waals surface area contributed by atoms with Crippen molar-refractivity contribution < 1.29 is 9.59 Å². The van der Waals surface area contributed by atoms with Crippen LogP contribution in [0.5, 0.6) is 0 Å². The second kappa shape index (κ2) is 8.90. The fourth-order valence-electron chi connectivity index (χ4n) is 2.40. The standard InChI is InChI=1S/C21H26N2O2S/c1-15-8-5-6-11-18(15)23-20(25)14-26-17-10-7-9-16(12-17)22-19(24)13-21(2,3)4/h5-12H,13-14H2,1-4H3,(H,22,24)(H,23,25). The van der Waals surface area contributed by atoms with Crippen molar-refractivity contribution in [1.29, 1.82) is 0 Å². The highest BCUT2D eigenvalue weighted by Gasteiger charge is 2.16. The summed E-state index contributed by atoms with van der Waals surface area (Å²) in [5, 5.41) is 5.84. The number of rotatable bonds is 6. The van der Waals surface area contributed by atoms with Crippen molar-refractivity contribution in [3.63, 3.8) is 0 Å². The highest BCUT2D eigenvalue weighted by Crippen LogP contribution is 2.24. The van der Waals surface area contributed by atoms with E-state index in [9.17, 15) is 9.59 Å². The third kappa shape index (κ3) is 6.92. The number of para-hydroxylation sites is 1. The summed E-state index contributed by atoms with van der Waals surface area (Å²) in [6.07, 6.45) is 0.462. The van der Waals surface area contributed by atoms with Crippen molar-refractivity contribution in [2.75, 3.05) is 16.4 Å². The van der Waals surface area contributed by atoms with E-state index >= 15 is 0 Å². The van der Waals surface area contributed by atoms with Crippen LogP contribution in [0.15, 0.2) is 53.4 Å². The van der Waals surface area contributed by atoms with Gasteiger partial charge in [-0.3, -0.25) is 9.59 Å². The number of hydrogen-bond donors (Lipinski definition) is 2. The molecule has 5 heteroatoms. The molecule has 4 nitrogen and oxygen atoms in total. The van der Waals surface area contributed by atoms with Crippen LogP contribution >= 0.6 is 11.8 Å². The Morgan fingerprint density at radius 1 is 0.962 bits per heavy atom. The van der Waals surface area contributed by atoms with Crippen LogP contribution in [0.4, 0.5) is 11.4 Å². The number of benzene rings is 2. The summed E-state index contributed by atoms with van der Waals surface area (Å²) in [6.45, 7) is 8.07. The maximum absolute atomic E-state index is 12.2. The summed E-state index contributed by atoms with van der Waals surface area (Å²) in [5.41, 5.74) is 2.57. The molecule has 0 bridgehead atoms. The summed E-state index contributed by atoms with van der Waals surface area (Å²) in [5.74, 6) is 0.261. The number of carbonyl (C=O) groups excluding carboxylic acids is 2. The maximum Gasteiger partial charge on any atom is 0.234 e. The fraction of sp³-hybridized carbons (Fsp3) is 0.333. The first-order valence-corrected chi connectivity index (χ1v) is 9.60. The van der Waals surface area contributed by atoms with Crippen LogP contribution in [0, 0.1) is 12.3 Å². The third-order valence-corrected chi connectivity index (χ3v) is 4.59. The minimum Gasteiger partial charge on any atom is -0.326 e. The highest BCUT2D eigenvalue weighted by atomic mass is 32.2.